The first kappa shape index (κ1) is 27.1. The van der Waals surface area contributed by atoms with Crippen LogP contribution in [0, 0.1) is 34.5 Å². The van der Waals surface area contributed by atoms with Gasteiger partial charge >= 0.3 is 5.97 Å². The molecule has 9 nitrogen and oxygen atoms in total. The van der Waals surface area contributed by atoms with Gasteiger partial charge in [0.05, 0.1) is 17.8 Å². The molecule has 1 saturated heterocycles. The highest BCUT2D eigenvalue weighted by molar-refractivity contribution is 5.85. The van der Waals surface area contributed by atoms with E-state index < -0.39 is 36.3 Å². The molecule has 4 aliphatic carbocycles. The predicted octanol–water partition coefficient (Wildman–Crippen LogP) is 1.43. The van der Waals surface area contributed by atoms with Crippen LogP contribution in [0.15, 0.2) is 11.6 Å². The molecule has 0 radical (unpaired) electrons. The van der Waals surface area contributed by atoms with Gasteiger partial charge in [-0.15, -0.1) is 0 Å². The summed E-state index contributed by atoms with van der Waals surface area (Å²) in [5, 5.41) is 53.9. The SMILES string of the molecule is C[C@@H]1O[C@@H](O[C@H]2CC[C@@]3(CO)[C@@H](CC[C@@H]4[C@H]3CC[C@]3(C)[C@@H](C5=CC(=O)OC5)CC[C@]43O)C2)[C@@H](O)[C@H](O)[C@H]1O. The van der Waals surface area contributed by atoms with Crippen molar-refractivity contribution in [1.82, 2.24) is 0 Å². The fourth-order valence-electron chi connectivity index (χ4n) is 9.91. The van der Waals surface area contributed by atoms with E-state index in [0.29, 0.717) is 19.4 Å². The molecule has 214 valence electrons. The number of esters is 1. The maximum Gasteiger partial charge on any atom is 0.331 e. The molecule has 6 rings (SSSR count). The molecule has 0 amide bonds. The zero-order valence-corrected chi connectivity index (χ0v) is 22.5. The molecule has 5 N–H and O–H groups in total. The second kappa shape index (κ2) is 9.50. The number of rotatable bonds is 4. The van der Waals surface area contributed by atoms with Gasteiger partial charge in [-0.2, -0.15) is 0 Å². The van der Waals surface area contributed by atoms with Crippen molar-refractivity contribution in [2.75, 3.05) is 13.2 Å². The first-order chi connectivity index (χ1) is 18.0. The first-order valence-electron chi connectivity index (χ1n) is 14.6. The van der Waals surface area contributed by atoms with E-state index >= 15 is 0 Å². The lowest BCUT2D eigenvalue weighted by Crippen LogP contribution is -2.64. The molecule has 5 fully saturated rings. The maximum atomic E-state index is 12.4. The number of fused-ring (bicyclic) bond motifs is 5. The van der Waals surface area contributed by atoms with Crippen LogP contribution < -0.4 is 0 Å². The topological polar surface area (TPSA) is 146 Å². The van der Waals surface area contributed by atoms with Gasteiger partial charge < -0.3 is 39.7 Å². The number of carbonyl (C=O) groups is 1. The molecule has 0 spiro atoms. The Morgan fingerprint density at radius 1 is 1.00 bits per heavy atom. The van der Waals surface area contributed by atoms with E-state index in [4.69, 9.17) is 14.2 Å². The maximum absolute atomic E-state index is 12.4. The van der Waals surface area contributed by atoms with Crippen LogP contribution in [0.5, 0.6) is 0 Å². The molecule has 6 aliphatic rings. The summed E-state index contributed by atoms with van der Waals surface area (Å²) in [4.78, 5) is 11.8. The summed E-state index contributed by atoms with van der Waals surface area (Å²) in [5.41, 5.74) is -0.401. The minimum atomic E-state index is -1.32. The molecular formula is C29H44O9. The molecular weight excluding hydrogens is 492 g/mol. The van der Waals surface area contributed by atoms with Crippen molar-refractivity contribution in [2.45, 2.75) is 114 Å². The second-order valence-corrected chi connectivity index (χ2v) is 13.4. The molecule has 38 heavy (non-hydrogen) atoms. The van der Waals surface area contributed by atoms with Crippen LogP contribution in [-0.4, -0.2) is 87.1 Å². The zero-order chi connectivity index (χ0) is 27.0. The van der Waals surface area contributed by atoms with Gasteiger partial charge in [0.25, 0.3) is 0 Å². The molecule has 0 aromatic rings. The van der Waals surface area contributed by atoms with Gasteiger partial charge in [0, 0.05) is 18.1 Å². The molecule has 0 bridgehead atoms. The lowest BCUT2D eigenvalue weighted by atomic mass is 9.43. The number of hydrogen-bond acceptors (Lipinski definition) is 9. The number of carbonyl (C=O) groups excluding carboxylic acids is 1. The van der Waals surface area contributed by atoms with Crippen LogP contribution in [0.25, 0.3) is 0 Å². The summed E-state index contributed by atoms with van der Waals surface area (Å²) < 4.78 is 17.1. The normalized spacial score (nSPS) is 54.5. The first-order valence-corrected chi connectivity index (χ1v) is 14.6. The second-order valence-electron chi connectivity index (χ2n) is 13.4. The van der Waals surface area contributed by atoms with Gasteiger partial charge in [-0.1, -0.05) is 6.92 Å². The quantitative estimate of drug-likeness (QED) is 0.266. The number of aliphatic hydroxyl groups is 5. The Kier molecular flexibility index (Phi) is 6.78. The molecule has 9 heteroatoms. The molecule has 13 atom stereocenters. The Hall–Kier alpha value is -1.07. The molecule has 2 heterocycles. The lowest BCUT2D eigenvalue weighted by molar-refractivity contribution is -0.311. The number of hydrogen-bond donors (Lipinski definition) is 5. The van der Waals surface area contributed by atoms with Crippen molar-refractivity contribution in [3.8, 4) is 0 Å². The minimum absolute atomic E-state index is 0.0831. The standard InChI is InChI=1S/C29H44O9/c1-15-23(32)24(33)25(34)26(37-15)38-18-5-9-28(14-30)17(12-18)3-4-21-20(28)6-8-27(2)19(7-10-29(21,27)35)16-11-22(31)36-13-16/h11,15,17-21,23-26,30,32-35H,3-10,12-14H2,1-2H3/t15-,17-,18-,19+,20+,21+,23-,24+,25-,26-,27+,28+,29-/m0/s1. The van der Waals surface area contributed by atoms with Crippen molar-refractivity contribution in [2.24, 2.45) is 34.5 Å². The van der Waals surface area contributed by atoms with E-state index in [-0.39, 0.29) is 53.2 Å². The van der Waals surface area contributed by atoms with Crippen molar-refractivity contribution in [3.05, 3.63) is 11.6 Å². The van der Waals surface area contributed by atoms with Crippen LogP contribution in [0.1, 0.15) is 71.6 Å². The molecule has 0 aromatic carbocycles. The van der Waals surface area contributed by atoms with Crippen LogP contribution in [0.3, 0.4) is 0 Å². The molecule has 0 aromatic heterocycles. The largest absolute Gasteiger partial charge is 0.458 e. The average molecular weight is 537 g/mol. The minimum Gasteiger partial charge on any atom is -0.458 e. The summed E-state index contributed by atoms with van der Waals surface area (Å²) >= 11 is 0. The summed E-state index contributed by atoms with van der Waals surface area (Å²) in [6.07, 6.45) is 3.35. The third kappa shape index (κ3) is 3.80. The van der Waals surface area contributed by atoms with Crippen molar-refractivity contribution >= 4 is 5.97 Å². The highest BCUT2D eigenvalue weighted by Gasteiger charge is 2.68. The third-order valence-corrected chi connectivity index (χ3v) is 12.1. The van der Waals surface area contributed by atoms with Gasteiger partial charge in [-0.3, -0.25) is 0 Å². The van der Waals surface area contributed by atoms with Gasteiger partial charge in [0.1, 0.15) is 24.9 Å². The number of cyclic esters (lactones) is 1. The summed E-state index contributed by atoms with van der Waals surface area (Å²) in [5.74, 6) is 0.414. The van der Waals surface area contributed by atoms with E-state index in [0.717, 1.165) is 50.5 Å². The van der Waals surface area contributed by atoms with Crippen LogP contribution in [-0.2, 0) is 19.0 Å². The Morgan fingerprint density at radius 2 is 1.79 bits per heavy atom. The molecule has 2 aliphatic heterocycles. The molecule has 0 unspecified atom stereocenters. The monoisotopic (exact) mass is 536 g/mol. The number of ether oxygens (including phenoxy) is 3. The Bertz CT molecular complexity index is 970. The van der Waals surface area contributed by atoms with E-state index in [1.165, 1.54) is 0 Å². The Labute approximate surface area is 224 Å². The van der Waals surface area contributed by atoms with Crippen molar-refractivity contribution in [1.29, 1.82) is 0 Å². The fourth-order valence-corrected chi connectivity index (χ4v) is 9.91. The van der Waals surface area contributed by atoms with Crippen LogP contribution in [0.4, 0.5) is 0 Å². The Balaban J connectivity index is 1.19. The van der Waals surface area contributed by atoms with Gasteiger partial charge in [0.15, 0.2) is 6.29 Å². The molecule has 4 saturated carbocycles. The van der Waals surface area contributed by atoms with Crippen LogP contribution in [0.2, 0.25) is 0 Å². The van der Waals surface area contributed by atoms with Crippen LogP contribution >= 0.6 is 0 Å². The highest BCUT2D eigenvalue weighted by atomic mass is 16.7. The zero-order valence-electron chi connectivity index (χ0n) is 22.5. The lowest BCUT2D eigenvalue weighted by Gasteiger charge is -2.64. The van der Waals surface area contributed by atoms with Gasteiger partial charge in [-0.05, 0) is 99.4 Å². The van der Waals surface area contributed by atoms with Crippen molar-refractivity contribution < 1.29 is 44.5 Å². The van der Waals surface area contributed by atoms with E-state index in [1.54, 1.807) is 13.0 Å². The Morgan fingerprint density at radius 3 is 2.50 bits per heavy atom. The van der Waals surface area contributed by atoms with E-state index in [2.05, 4.69) is 6.92 Å². The summed E-state index contributed by atoms with van der Waals surface area (Å²) in [6.45, 7) is 4.27. The third-order valence-electron chi connectivity index (χ3n) is 12.1. The van der Waals surface area contributed by atoms with Crippen molar-refractivity contribution in [3.63, 3.8) is 0 Å². The number of aliphatic hydroxyl groups excluding tert-OH is 4. The summed E-state index contributed by atoms with van der Waals surface area (Å²) in [7, 11) is 0. The van der Waals surface area contributed by atoms with Gasteiger partial charge in [-0.25, -0.2) is 4.79 Å². The van der Waals surface area contributed by atoms with Gasteiger partial charge in [0.2, 0.25) is 0 Å². The van der Waals surface area contributed by atoms with E-state index in [1.807, 2.05) is 0 Å². The predicted molar refractivity (Wildman–Crippen MR) is 134 cm³/mol. The highest BCUT2D eigenvalue weighted by Crippen LogP contribution is 2.70. The fraction of sp³-hybridized carbons (Fsp3) is 0.897. The smallest absolute Gasteiger partial charge is 0.331 e. The van der Waals surface area contributed by atoms with E-state index in [9.17, 15) is 30.3 Å². The summed E-state index contributed by atoms with van der Waals surface area (Å²) in [6, 6.07) is 0. The average Bonchev–Trinajstić information content (AvgIpc) is 3.45.